The van der Waals surface area contributed by atoms with Gasteiger partial charge in [0, 0.05) is 61.3 Å². The molecule has 0 amide bonds. The van der Waals surface area contributed by atoms with Crippen molar-refractivity contribution in [3.05, 3.63) is 24.2 Å². The molecule has 7 aliphatic rings. The number of fused-ring (bicyclic) bond motifs is 2. The molecule has 16 unspecified atom stereocenters. The molecule has 0 aromatic carbocycles. The smallest absolute Gasteiger partial charge is 0.341 e. The highest BCUT2D eigenvalue weighted by Gasteiger charge is 3.06. The number of carbonyl (C=O) groups is 6. The molecule has 1 aromatic heterocycles. The number of hydrogen-bond donors (Lipinski definition) is 1. The van der Waals surface area contributed by atoms with Gasteiger partial charge < -0.3 is 56.9 Å². The summed E-state index contributed by atoms with van der Waals surface area (Å²) in [6.45, 7) is 13.8. The second-order valence-electron chi connectivity index (χ2n) is 18.6. The molecule has 60 heavy (non-hydrogen) atoms. The fraction of sp³-hybridized carbons (Fsp3) is 0.762. The maximum Gasteiger partial charge on any atom is 0.341 e. The third kappa shape index (κ3) is 4.77. The van der Waals surface area contributed by atoms with Crippen LogP contribution in [-0.2, 0) is 76.1 Å². The summed E-state index contributed by atoms with van der Waals surface area (Å²) in [4.78, 5) is 83.4. The first-order chi connectivity index (χ1) is 27.9. The van der Waals surface area contributed by atoms with E-state index < -0.39 is 135 Å². The summed E-state index contributed by atoms with van der Waals surface area (Å²) < 4.78 is 69.3. The van der Waals surface area contributed by atoms with Crippen molar-refractivity contribution in [1.29, 1.82) is 0 Å². The lowest BCUT2D eigenvalue weighted by Gasteiger charge is -2.77. The highest BCUT2D eigenvalue weighted by atomic mass is 16.9. The average molecular weight is 847 g/mol. The lowest BCUT2D eigenvalue weighted by molar-refractivity contribution is -0.486. The van der Waals surface area contributed by atoms with E-state index in [0.717, 1.165) is 6.92 Å². The molecule has 1 N–H and O–H groups in total. The number of rotatable bonds is 12. The first-order valence-electron chi connectivity index (χ1n) is 20.3. The largest absolute Gasteiger partial charge is 0.472 e. The van der Waals surface area contributed by atoms with Crippen LogP contribution in [0, 0.1) is 28.1 Å². The molecule has 330 valence electrons. The molecule has 4 heterocycles. The van der Waals surface area contributed by atoms with Crippen LogP contribution in [0.25, 0.3) is 0 Å². The van der Waals surface area contributed by atoms with Crippen LogP contribution >= 0.6 is 0 Å². The van der Waals surface area contributed by atoms with E-state index in [2.05, 4.69) is 0 Å². The van der Waals surface area contributed by atoms with E-state index in [4.69, 9.17) is 51.8 Å². The normalized spacial score (nSPS) is 47.7. The SMILES string of the molecule is CCC(=O)OC1C2(OC(C)=O)C(OC(=O)C3(C)OC3C)C3(C)CC24OC2(C)OC15C(CC(=O)OC)C(C)(C(OC(C)=O)c1ccoc1)CC(O)C5(O2)C4(C)C3CC(=O)OC. The molecule has 2 spiro atoms. The van der Waals surface area contributed by atoms with Crippen molar-refractivity contribution in [2.75, 3.05) is 14.2 Å². The number of ether oxygens (including phenoxy) is 10. The average Bonchev–Trinajstić information content (AvgIpc) is 3.50. The number of hydrogen-bond acceptors (Lipinski definition) is 18. The molecule has 4 saturated carbocycles. The Balaban J connectivity index is 1.53. The van der Waals surface area contributed by atoms with Crippen LogP contribution < -0.4 is 0 Å². The molecule has 16 atom stereocenters. The van der Waals surface area contributed by atoms with Crippen molar-refractivity contribution in [1.82, 2.24) is 0 Å². The molecule has 3 saturated heterocycles. The highest BCUT2D eigenvalue weighted by Crippen LogP contribution is 2.90. The molecule has 18 nitrogen and oxygen atoms in total. The summed E-state index contributed by atoms with van der Waals surface area (Å²) in [5.74, 6) is -9.24. The Labute approximate surface area is 346 Å². The van der Waals surface area contributed by atoms with Crippen LogP contribution in [0.4, 0.5) is 0 Å². The van der Waals surface area contributed by atoms with Crippen molar-refractivity contribution in [2.24, 2.45) is 28.1 Å². The molecular formula is C42H54O18. The van der Waals surface area contributed by atoms with Crippen LogP contribution in [0.15, 0.2) is 23.0 Å². The number of furan rings is 1. The number of esters is 6. The molecule has 18 heteroatoms. The molecule has 4 aliphatic carbocycles. The lowest BCUT2D eigenvalue weighted by Crippen LogP contribution is -2.96. The van der Waals surface area contributed by atoms with E-state index in [9.17, 15) is 33.9 Å². The van der Waals surface area contributed by atoms with Gasteiger partial charge in [0.05, 0.1) is 45.4 Å². The van der Waals surface area contributed by atoms with E-state index in [1.165, 1.54) is 40.6 Å². The zero-order valence-corrected chi connectivity index (χ0v) is 35.7. The van der Waals surface area contributed by atoms with Gasteiger partial charge in [-0.2, -0.15) is 0 Å². The Kier molecular flexibility index (Phi) is 9.20. The zero-order chi connectivity index (χ0) is 44.0. The van der Waals surface area contributed by atoms with Crippen molar-refractivity contribution in [3.63, 3.8) is 0 Å². The fourth-order valence-electron chi connectivity index (χ4n) is 13.6. The number of aliphatic hydroxyl groups is 1. The first kappa shape index (κ1) is 42.6. The van der Waals surface area contributed by atoms with Gasteiger partial charge in [-0.3, -0.25) is 24.0 Å². The van der Waals surface area contributed by atoms with Crippen LogP contribution in [0.3, 0.4) is 0 Å². The topological polar surface area (TPSA) is 231 Å². The summed E-state index contributed by atoms with van der Waals surface area (Å²) in [6.07, 6.45) is -5.74. The maximum atomic E-state index is 14.4. The second kappa shape index (κ2) is 13.0. The Morgan fingerprint density at radius 1 is 0.867 bits per heavy atom. The van der Waals surface area contributed by atoms with Crippen LogP contribution in [0.1, 0.15) is 106 Å². The quantitative estimate of drug-likeness (QED) is 0.181. The molecule has 3 aliphatic heterocycles. The number of aliphatic hydroxyl groups excluding tert-OH is 1. The molecule has 7 fully saturated rings. The predicted molar refractivity (Wildman–Crippen MR) is 196 cm³/mol. The van der Waals surface area contributed by atoms with Gasteiger partial charge in [-0.15, -0.1) is 0 Å². The second-order valence-corrected chi connectivity index (χ2v) is 18.6. The van der Waals surface area contributed by atoms with Crippen molar-refractivity contribution < 1.29 is 85.7 Å². The van der Waals surface area contributed by atoms with Crippen molar-refractivity contribution in [3.8, 4) is 0 Å². The van der Waals surface area contributed by atoms with Crippen LogP contribution in [0.5, 0.6) is 0 Å². The van der Waals surface area contributed by atoms with Gasteiger partial charge in [0.2, 0.25) is 5.60 Å². The van der Waals surface area contributed by atoms with Gasteiger partial charge in [0.15, 0.2) is 23.4 Å². The van der Waals surface area contributed by atoms with Gasteiger partial charge in [0.1, 0.15) is 17.3 Å². The minimum atomic E-state index is -2.35. The molecule has 1 aromatic rings. The molecule has 0 radical (unpaired) electrons. The highest BCUT2D eigenvalue weighted by molar-refractivity contribution is 5.83. The Hall–Kier alpha value is -4.10. The van der Waals surface area contributed by atoms with Crippen molar-refractivity contribution in [2.45, 2.75) is 159 Å². The Bertz CT molecular complexity index is 2040. The van der Waals surface area contributed by atoms with E-state index in [-0.39, 0.29) is 25.7 Å². The van der Waals surface area contributed by atoms with E-state index in [0.29, 0.717) is 5.56 Å². The molecular weight excluding hydrogens is 792 g/mol. The summed E-state index contributed by atoms with van der Waals surface area (Å²) >= 11 is 0. The van der Waals surface area contributed by atoms with Gasteiger partial charge in [-0.25, -0.2) is 4.79 Å². The Morgan fingerprint density at radius 3 is 2.03 bits per heavy atom. The first-order valence-corrected chi connectivity index (χ1v) is 20.3. The minimum Gasteiger partial charge on any atom is -0.472 e. The zero-order valence-electron chi connectivity index (χ0n) is 35.7. The lowest BCUT2D eigenvalue weighted by atomic mass is 9.33. The third-order valence-corrected chi connectivity index (χ3v) is 15.7. The monoisotopic (exact) mass is 846 g/mol. The van der Waals surface area contributed by atoms with Gasteiger partial charge >= 0.3 is 35.8 Å². The molecule has 4 bridgehead atoms. The minimum absolute atomic E-state index is 0.104. The number of epoxide rings is 1. The van der Waals surface area contributed by atoms with Gasteiger partial charge in [0.25, 0.3) is 5.97 Å². The van der Waals surface area contributed by atoms with Gasteiger partial charge in [-0.05, 0) is 38.7 Å². The standard InChI is InChI=1S/C42H54O18/c1-12-27(46)54-32-40-25(16-29(48)51-11)34(5,30(53-21(3)43)23-13-14-52-18-23)17-26(45)42(40)37(8)24(15-28(47)50-10)35(6)19-39(37,58-38(9,59-40)60-42)41(32,57-22(4)44)31(35)55-33(49)36(7)20(2)56-36/h13-14,18,20,24-26,30-32,45H,12,15-17,19H2,1-11H3. The summed E-state index contributed by atoms with van der Waals surface area (Å²) in [5.41, 5.74) is -14.5. The number of carbonyl (C=O) groups excluding carboxylic acids is 6. The van der Waals surface area contributed by atoms with E-state index >= 15 is 0 Å². The van der Waals surface area contributed by atoms with E-state index in [1.54, 1.807) is 47.6 Å². The molecule has 8 rings (SSSR count). The van der Waals surface area contributed by atoms with Crippen LogP contribution in [0.2, 0.25) is 0 Å². The predicted octanol–water partition coefficient (Wildman–Crippen LogP) is 3.14. The van der Waals surface area contributed by atoms with Gasteiger partial charge in [-0.1, -0.05) is 27.7 Å². The summed E-state index contributed by atoms with van der Waals surface area (Å²) in [6, 6.07) is 1.57. The van der Waals surface area contributed by atoms with E-state index in [1.807, 2.05) is 0 Å². The summed E-state index contributed by atoms with van der Waals surface area (Å²) in [7, 11) is 2.40. The summed E-state index contributed by atoms with van der Waals surface area (Å²) in [5, 5.41) is 13.4. The van der Waals surface area contributed by atoms with Crippen molar-refractivity contribution >= 4 is 35.8 Å². The fourth-order valence-corrected chi connectivity index (χ4v) is 13.6. The Morgan fingerprint density at radius 2 is 1.50 bits per heavy atom. The third-order valence-electron chi connectivity index (χ3n) is 15.7. The van der Waals surface area contributed by atoms with Crippen LogP contribution in [-0.4, -0.2) is 114 Å². The maximum absolute atomic E-state index is 14.4. The number of methoxy groups -OCH3 is 2.